The second-order valence-electron chi connectivity index (χ2n) is 6.43. The Bertz CT molecular complexity index is 889. The van der Waals surface area contributed by atoms with Crippen LogP contribution in [0.5, 0.6) is 17.2 Å². The van der Waals surface area contributed by atoms with Crippen molar-refractivity contribution in [2.45, 2.75) is 5.92 Å². The van der Waals surface area contributed by atoms with Crippen LogP contribution < -0.4 is 25.0 Å². The van der Waals surface area contributed by atoms with Gasteiger partial charge in [0.1, 0.15) is 5.92 Å². The average Bonchev–Trinajstić information content (AvgIpc) is 3.14. The molecule has 0 spiro atoms. The lowest BCUT2D eigenvalue weighted by atomic mass is 9.88. The second-order valence-corrected chi connectivity index (χ2v) is 6.43. The van der Waals surface area contributed by atoms with Gasteiger partial charge in [0.2, 0.25) is 11.7 Å². The highest BCUT2D eigenvalue weighted by atomic mass is 16.5. The number of hydrazone groups is 1. The molecule has 2 aromatic carbocycles. The van der Waals surface area contributed by atoms with Crippen LogP contribution >= 0.6 is 0 Å². The predicted molar refractivity (Wildman–Crippen MR) is 108 cm³/mol. The fourth-order valence-corrected chi connectivity index (χ4v) is 3.35. The molecule has 3 rings (SSSR count). The summed E-state index contributed by atoms with van der Waals surface area (Å²) in [6.07, 6.45) is 1.45. The van der Waals surface area contributed by atoms with E-state index in [4.69, 9.17) is 14.2 Å². The van der Waals surface area contributed by atoms with Gasteiger partial charge in [0.05, 0.1) is 27.5 Å². The summed E-state index contributed by atoms with van der Waals surface area (Å²) >= 11 is 0. The minimum Gasteiger partial charge on any atom is -0.493 e. The average molecular weight is 397 g/mol. The van der Waals surface area contributed by atoms with Gasteiger partial charge < -0.3 is 19.5 Å². The van der Waals surface area contributed by atoms with Gasteiger partial charge in [0.25, 0.3) is 5.91 Å². The molecule has 1 saturated heterocycles. The van der Waals surface area contributed by atoms with Crippen molar-refractivity contribution in [3.05, 3.63) is 53.6 Å². The molecule has 0 unspecified atom stereocenters. The van der Waals surface area contributed by atoms with Crippen molar-refractivity contribution in [1.29, 1.82) is 0 Å². The van der Waals surface area contributed by atoms with Crippen LogP contribution in [-0.2, 0) is 9.59 Å². The quantitative estimate of drug-likeness (QED) is 0.421. The van der Waals surface area contributed by atoms with E-state index < -0.39 is 11.8 Å². The molecule has 0 aliphatic carbocycles. The third-order valence-corrected chi connectivity index (χ3v) is 4.77. The summed E-state index contributed by atoms with van der Waals surface area (Å²) in [6, 6.07) is 12.9. The smallest absolute Gasteiger partial charge is 0.253 e. The summed E-state index contributed by atoms with van der Waals surface area (Å²) in [6.45, 7) is 0.414. The Morgan fingerprint density at radius 2 is 1.76 bits per heavy atom. The molecule has 0 saturated carbocycles. The molecule has 0 aromatic heterocycles. The summed E-state index contributed by atoms with van der Waals surface area (Å²) in [7, 11) is 4.55. The second kappa shape index (κ2) is 9.09. The van der Waals surface area contributed by atoms with Crippen molar-refractivity contribution in [2.24, 2.45) is 11.0 Å². The van der Waals surface area contributed by atoms with Gasteiger partial charge in [-0.1, -0.05) is 30.3 Å². The number of amides is 2. The SMILES string of the molecule is COc1cc(C=NNC(=O)[C@H]2C(=O)NC[C@@H]2c2ccccc2)cc(OC)c1OC. The van der Waals surface area contributed by atoms with Gasteiger partial charge in [-0.05, 0) is 17.7 Å². The van der Waals surface area contributed by atoms with Crippen molar-refractivity contribution in [2.75, 3.05) is 27.9 Å². The maximum Gasteiger partial charge on any atom is 0.253 e. The first-order chi connectivity index (χ1) is 14.1. The molecular weight excluding hydrogens is 374 g/mol. The molecule has 0 bridgehead atoms. The lowest BCUT2D eigenvalue weighted by molar-refractivity contribution is -0.133. The predicted octanol–water partition coefficient (Wildman–Crippen LogP) is 1.69. The Morgan fingerprint density at radius 3 is 2.34 bits per heavy atom. The molecule has 2 aromatic rings. The van der Waals surface area contributed by atoms with Crippen LogP contribution in [-0.4, -0.2) is 45.9 Å². The number of hydrogen-bond acceptors (Lipinski definition) is 6. The number of nitrogens with zero attached hydrogens (tertiary/aromatic N) is 1. The monoisotopic (exact) mass is 397 g/mol. The molecule has 2 atom stereocenters. The number of rotatable bonds is 7. The van der Waals surface area contributed by atoms with E-state index in [0.717, 1.165) is 5.56 Å². The summed E-state index contributed by atoms with van der Waals surface area (Å²) < 4.78 is 15.9. The number of carbonyl (C=O) groups excluding carboxylic acids is 2. The molecule has 152 valence electrons. The Balaban J connectivity index is 1.74. The Kier molecular flexibility index (Phi) is 6.33. The van der Waals surface area contributed by atoms with Crippen molar-refractivity contribution in [1.82, 2.24) is 10.7 Å². The van der Waals surface area contributed by atoms with Gasteiger partial charge >= 0.3 is 0 Å². The Labute approximate surface area is 168 Å². The van der Waals surface area contributed by atoms with E-state index in [1.54, 1.807) is 12.1 Å². The molecular formula is C21H23N3O5. The van der Waals surface area contributed by atoms with E-state index in [-0.39, 0.29) is 11.8 Å². The first-order valence-corrected chi connectivity index (χ1v) is 9.04. The Morgan fingerprint density at radius 1 is 1.10 bits per heavy atom. The number of benzene rings is 2. The lowest BCUT2D eigenvalue weighted by Gasteiger charge is -2.15. The van der Waals surface area contributed by atoms with E-state index in [0.29, 0.717) is 29.4 Å². The first-order valence-electron chi connectivity index (χ1n) is 9.04. The summed E-state index contributed by atoms with van der Waals surface area (Å²) in [5.41, 5.74) is 4.03. The van der Waals surface area contributed by atoms with Gasteiger partial charge in [-0.15, -0.1) is 0 Å². The van der Waals surface area contributed by atoms with Crippen LogP contribution in [0, 0.1) is 5.92 Å². The van der Waals surface area contributed by atoms with E-state index >= 15 is 0 Å². The van der Waals surface area contributed by atoms with Crippen LogP contribution in [0.1, 0.15) is 17.0 Å². The third-order valence-electron chi connectivity index (χ3n) is 4.77. The first kappa shape index (κ1) is 20.2. The number of carbonyl (C=O) groups is 2. The van der Waals surface area contributed by atoms with Crippen LogP contribution in [0.2, 0.25) is 0 Å². The van der Waals surface area contributed by atoms with Gasteiger partial charge in [-0.25, -0.2) is 5.43 Å². The minimum atomic E-state index is -0.838. The number of ether oxygens (including phenoxy) is 3. The van der Waals surface area contributed by atoms with E-state index in [2.05, 4.69) is 15.8 Å². The molecule has 2 N–H and O–H groups in total. The fraction of sp³-hybridized carbons (Fsp3) is 0.286. The van der Waals surface area contributed by atoms with E-state index in [1.165, 1.54) is 27.5 Å². The maximum absolute atomic E-state index is 12.6. The van der Waals surface area contributed by atoms with Crippen LogP contribution in [0.4, 0.5) is 0 Å². The molecule has 1 aliphatic heterocycles. The zero-order chi connectivity index (χ0) is 20.8. The molecule has 29 heavy (non-hydrogen) atoms. The van der Waals surface area contributed by atoms with E-state index in [1.807, 2.05) is 30.3 Å². The number of hydrogen-bond donors (Lipinski definition) is 2. The van der Waals surface area contributed by atoms with E-state index in [9.17, 15) is 9.59 Å². The molecule has 2 amide bonds. The number of methoxy groups -OCH3 is 3. The highest BCUT2D eigenvalue weighted by molar-refractivity contribution is 6.03. The summed E-state index contributed by atoms with van der Waals surface area (Å²) in [5, 5.41) is 6.75. The fourth-order valence-electron chi connectivity index (χ4n) is 3.35. The van der Waals surface area contributed by atoms with Gasteiger partial charge in [-0.2, -0.15) is 5.10 Å². The molecule has 1 fully saturated rings. The number of nitrogens with one attached hydrogen (secondary N) is 2. The topological polar surface area (TPSA) is 98.2 Å². The third kappa shape index (κ3) is 4.31. The van der Waals surface area contributed by atoms with Crippen LogP contribution in [0.3, 0.4) is 0 Å². The maximum atomic E-state index is 12.6. The highest BCUT2D eigenvalue weighted by Gasteiger charge is 2.40. The van der Waals surface area contributed by atoms with Crippen molar-refractivity contribution in [3.8, 4) is 17.2 Å². The van der Waals surface area contributed by atoms with Gasteiger partial charge in [0, 0.05) is 18.0 Å². The zero-order valence-electron chi connectivity index (χ0n) is 16.5. The molecule has 8 nitrogen and oxygen atoms in total. The molecule has 8 heteroatoms. The minimum absolute atomic E-state index is 0.236. The Hall–Kier alpha value is -3.55. The zero-order valence-corrected chi connectivity index (χ0v) is 16.5. The van der Waals surface area contributed by atoms with Crippen molar-refractivity contribution in [3.63, 3.8) is 0 Å². The summed E-state index contributed by atoms with van der Waals surface area (Å²) in [4.78, 5) is 24.8. The molecule has 1 heterocycles. The van der Waals surface area contributed by atoms with Crippen LogP contribution in [0.15, 0.2) is 47.6 Å². The molecule has 0 radical (unpaired) electrons. The lowest BCUT2D eigenvalue weighted by Crippen LogP contribution is -2.34. The standard InChI is InChI=1S/C21H23N3O5/c1-27-16-9-13(10-17(28-2)19(16)29-3)11-23-24-21(26)18-15(12-22-20(18)25)14-7-5-4-6-8-14/h4-11,15,18H,12H2,1-3H3,(H,22,25)(H,24,26)/t15-,18-/m1/s1. The summed E-state index contributed by atoms with van der Waals surface area (Å²) in [5.74, 6) is -0.436. The normalized spacial score (nSPS) is 18.4. The van der Waals surface area contributed by atoms with Crippen molar-refractivity contribution >= 4 is 18.0 Å². The van der Waals surface area contributed by atoms with Crippen LogP contribution in [0.25, 0.3) is 0 Å². The largest absolute Gasteiger partial charge is 0.493 e. The van der Waals surface area contributed by atoms with Gasteiger partial charge in [-0.3, -0.25) is 9.59 Å². The molecule has 1 aliphatic rings. The van der Waals surface area contributed by atoms with Crippen molar-refractivity contribution < 1.29 is 23.8 Å². The van der Waals surface area contributed by atoms with Gasteiger partial charge in [0.15, 0.2) is 11.5 Å². The highest BCUT2D eigenvalue weighted by Crippen LogP contribution is 2.37.